The van der Waals surface area contributed by atoms with Gasteiger partial charge < -0.3 is 5.11 Å². The zero-order valence-corrected chi connectivity index (χ0v) is 13.1. The summed E-state index contributed by atoms with van der Waals surface area (Å²) in [4.78, 5) is 0. The molecule has 1 saturated carbocycles. The summed E-state index contributed by atoms with van der Waals surface area (Å²) in [6, 6.07) is 12.7. The third kappa shape index (κ3) is 4.08. The van der Waals surface area contributed by atoms with Crippen LogP contribution < -0.4 is 0 Å². The van der Waals surface area contributed by atoms with Crippen molar-refractivity contribution >= 4 is 0 Å². The summed E-state index contributed by atoms with van der Waals surface area (Å²) >= 11 is 0. The fraction of sp³-hybridized carbons (Fsp3) is 0.632. The molecule has 0 saturated heterocycles. The molecule has 1 N–H and O–H groups in total. The van der Waals surface area contributed by atoms with Crippen LogP contribution in [0.15, 0.2) is 30.3 Å². The van der Waals surface area contributed by atoms with E-state index in [1.165, 1.54) is 18.4 Å². The number of hydrogen-bond donors (Lipinski definition) is 1. The number of aliphatic hydroxyl groups is 1. The van der Waals surface area contributed by atoms with E-state index >= 15 is 0 Å². The lowest BCUT2D eigenvalue weighted by atomic mass is 9.66. The molecule has 0 aliphatic heterocycles. The van der Waals surface area contributed by atoms with Gasteiger partial charge >= 0.3 is 0 Å². The lowest BCUT2D eigenvalue weighted by Gasteiger charge is -2.38. The standard InChI is InChI=1S/C19H27NO/c1-2-6-16-11-13-19(15-20,14-12-16)18(21)10-9-17-7-4-3-5-8-17/h3-5,7-8,16,18,21H,2,6,9-14H2,1H3. The molecule has 2 rings (SSSR count). The molecule has 0 aromatic heterocycles. The van der Waals surface area contributed by atoms with Crippen molar-refractivity contribution < 1.29 is 5.11 Å². The third-order valence-electron chi connectivity index (χ3n) is 5.10. The Balaban J connectivity index is 1.90. The molecule has 1 fully saturated rings. The summed E-state index contributed by atoms with van der Waals surface area (Å²) < 4.78 is 0. The van der Waals surface area contributed by atoms with Crippen LogP contribution in [0.25, 0.3) is 0 Å². The van der Waals surface area contributed by atoms with Crippen molar-refractivity contribution in [2.45, 2.75) is 64.4 Å². The van der Waals surface area contributed by atoms with Crippen LogP contribution in [0.4, 0.5) is 0 Å². The number of nitrogens with zero attached hydrogens (tertiary/aromatic N) is 1. The highest BCUT2D eigenvalue weighted by Gasteiger charge is 2.41. The van der Waals surface area contributed by atoms with Crippen molar-refractivity contribution in [1.29, 1.82) is 5.26 Å². The van der Waals surface area contributed by atoms with E-state index in [2.05, 4.69) is 25.1 Å². The maximum Gasteiger partial charge on any atom is 0.0832 e. The van der Waals surface area contributed by atoms with Gasteiger partial charge in [0.1, 0.15) is 0 Å². The first-order chi connectivity index (χ1) is 10.2. The van der Waals surface area contributed by atoms with Crippen molar-refractivity contribution in [3.05, 3.63) is 35.9 Å². The van der Waals surface area contributed by atoms with Gasteiger partial charge in [-0.2, -0.15) is 5.26 Å². The lowest BCUT2D eigenvalue weighted by Crippen LogP contribution is -2.38. The Morgan fingerprint density at radius 3 is 2.52 bits per heavy atom. The van der Waals surface area contributed by atoms with E-state index in [4.69, 9.17) is 0 Å². The van der Waals surface area contributed by atoms with E-state index in [0.717, 1.165) is 38.0 Å². The molecule has 1 aromatic rings. The molecule has 1 atom stereocenters. The molecular formula is C19H27NO. The van der Waals surface area contributed by atoms with Gasteiger partial charge in [-0.25, -0.2) is 0 Å². The topological polar surface area (TPSA) is 44.0 Å². The van der Waals surface area contributed by atoms with Crippen LogP contribution in [-0.4, -0.2) is 11.2 Å². The van der Waals surface area contributed by atoms with Crippen molar-refractivity contribution in [1.82, 2.24) is 0 Å². The maximum atomic E-state index is 10.6. The third-order valence-corrected chi connectivity index (χ3v) is 5.10. The summed E-state index contributed by atoms with van der Waals surface area (Å²) in [6.07, 6.45) is 7.47. The fourth-order valence-electron chi connectivity index (χ4n) is 3.63. The van der Waals surface area contributed by atoms with E-state index in [0.29, 0.717) is 6.42 Å². The Bertz CT molecular complexity index is 454. The van der Waals surface area contributed by atoms with Gasteiger partial charge in [-0.3, -0.25) is 0 Å². The molecule has 0 spiro atoms. The highest BCUT2D eigenvalue weighted by molar-refractivity contribution is 5.15. The molecule has 0 amide bonds. The first-order valence-electron chi connectivity index (χ1n) is 8.33. The van der Waals surface area contributed by atoms with Crippen LogP contribution in [-0.2, 0) is 6.42 Å². The normalized spacial score (nSPS) is 27.0. The molecule has 1 aromatic carbocycles. The quantitative estimate of drug-likeness (QED) is 0.837. The molecule has 0 radical (unpaired) electrons. The number of benzene rings is 1. The summed E-state index contributed by atoms with van der Waals surface area (Å²) in [7, 11) is 0. The number of rotatable bonds is 6. The second kappa shape index (κ2) is 7.61. The Hall–Kier alpha value is -1.33. The van der Waals surface area contributed by atoms with Gasteiger partial charge in [-0.1, -0.05) is 50.1 Å². The van der Waals surface area contributed by atoms with E-state index in [-0.39, 0.29) is 0 Å². The van der Waals surface area contributed by atoms with Crippen molar-refractivity contribution in [3.8, 4) is 6.07 Å². The summed E-state index contributed by atoms with van der Waals surface area (Å²) in [5.74, 6) is 0.762. The van der Waals surface area contributed by atoms with E-state index in [1.54, 1.807) is 0 Å². The van der Waals surface area contributed by atoms with Crippen LogP contribution >= 0.6 is 0 Å². The molecule has 1 aliphatic carbocycles. The molecule has 0 heterocycles. The summed E-state index contributed by atoms with van der Waals surface area (Å²) in [5, 5.41) is 20.2. The molecule has 21 heavy (non-hydrogen) atoms. The average molecular weight is 285 g/mol. The van der Waals surface area contributed by atoms with Gasteiger partial charge in [0, 0.05) is 0 Å². The van der Waals surface area contributed by atoms with Gasteiger partial charge in [0.05, 0.1) is 17.6 Å². The largest absolute Gasteiger partial charge is 0.391 e. The monoisotopic (exact) mass is 285 g/mol. The van der Waals surface area contributed by atoms with E-state index in [1.807, 2.05) is 18.2 Å². The van der Waals surface area contributed by atoms with Gasteiger partial charge in [-0.15, -0.1) is 0 Å². The Labute approximate surface area is 128 Å². The fourth-order valence-corrected chi connectivity index (χ4v) is 3.63. The summed E-state index contributed by atoms with van der Waals surface area (Å²) in [6.45, 7) is 2.22. The van der Waals surface area contributed by atoms with Gasteiger partial charge in [0.2, 0.25) is 0 Å². The van der Waals surface area contributed by atoms with Crippen LogP contribution in [0.5, 0.6) is 0 Å². The van der Waals surface area contributed by atoms with Crippen LogP contribution in [0.3, 0.4) is 0 Å². The highest BCUT2D eigenvalue weighted by Crippen LogP contribution is 2.43. The molecule has 114 valence electrons. The first kappa shape index (κ1) is 16.0. The number of nitriles is 1. The molecule has 1 aliphatic rings. The van der Waals surface area contributed by atoms with E-state index < -0.39 is 11.5 Å². The molecular weight excluding hydrogens is 258 g/mol. The van der Waals surface area contributed by atoms with Gasteiger partial charge in [0.25, 0.3) is 0 Å². The number of aliphatic hydroxyl groups excluding tert-OH is 1. The minimum absolute atomic E-state index is 0.495. The Morgan fingerprint density at radius 1 is 1.29 bits per heavy atom. The number of aryl methyl sites for hydroxylation is 1. The maximum absolute atomic E-state index is 10.6. The van der Waals surface area contributed by atoms with Crippen molar-refractivity contribution in [2.24, 2.45) is 11.3 Å². The van der Waals surface area contributed by atoms with Crippen molar-refractivity contribution in [3.63, 3.8) is 0 Å². The SMILES string of the molecule is CCCC1CCC(C#N)(C(O)CCc2ccccc2)CC1. The van der Waals surface area contributed by atoms with Gasteiger partial charge in [-0.05, 0) is 50.0 Å². The Kier molecular flexibility index (Phi) is 5.82. The van der Waals surface area contributed by atoms with Crippen LogP contribution in [0.1, 0.15) is 57.4 Å². The first-order valence-corrected chi connectivity index (χ1v) is 8.33. The Morgan fingerprint density at radius 2 is 1.95 bits per heavy atom. The molecule has 2 nitrogen and oxygen atoms in total. The molecule has 0 bridgehead atoms. The second-order valence-corrected chi connectivity index (χ2v) is 6.54. The average Bonchev–Trinajstić information content (AvgIpc) is 2.55. The minimum Gasteiger partial charge on any atom is -0.391 e. The van der Waals surface area contributed by atoms with E-state index in [9.17, 15) is 10.4 Å². The molecule has 2 heteroatoms. The lowest BCUT2D eigenvalue weighted by molar-refractivity contribution is 0.0196. The smallest absolute Gasteiger partial charge is 0.0832 e. The van der Waals surface area contributed by atoms with Gasteiger partial charge in [0.15, 0.2) is 0 Å². The van der Waals surface area contributed by atoms with Crippen molar-refractivity contribution in [2.75, 3.05) is 0 Å². The zero-order chi connectivity index (χ0) is 15.1. The van der Waals surface area contributed by atoms with Crippen LogP contribution in [0.2, 0.25) is 0 Å². The predicted molar refractivity (Wildman–Crippen MR) is 85.7 cm³/mol. The predicted octanol–water partition coefficient (Wildman–Crippen LogP) is 4.48. The molecule has 1 unspecified atom stereocenters. The number of hydrogen-bond acceptors (Lipinski definition) is 2. The second-order valence-electron chi connectivity index (χ2n) is 6.54. The minimum atomic E-state index is -0.501. The zero-order valence-electron chi connectivity index (χ0n) is 13.1. The highest BCUT2D eigenvalue weighted by atomic mass is 16.3. The summed E-state index contributed by atoms with van der Waals surface area (Å²) in [5.41, 5.74) is 0.739. The van der Waals surface area contributed by atoms with Crippen LogP contribution in [0, 0.1) is 22.7 Å².